The molecule has 73 heavy (non-hydrogen) atoms. The molecule has 4 aromatic heterocycles. The fourth-order valence-corrected chi connectivity index (χ4v) is 17.6. The molecular formula is C62H44N6S4Si. The maximum atomic E-state index is 5.19. The summed E-state index contributed by atoms with van der Waals surface area (Å²) in [6.07, 6.45) is 0. The van der Waals surface area contributed by atoms with Crippen LogP contribution >= 0.6 is 46.1 Å². The predicted molar refractivity (Wildman–Crippen MR) is 315 cm³/mol. The van der Waals surface area contributed by atoms with Gasteiger partial charge in [0.2, 0.25) is 0 Å². The highest BCUT2D eigenvalue weighted by Crippen LogP contribution is 2.58. The van der Waals surface area contributed by atoms with Gasteiger partial charge in [0.15, 0.2) is 0 Å². The zero-order valence-electron chi connectivity index (χ0n) is 39.8. The highest BCUT2D eigenvalue weighted by Gasteiger charge is 2.45. The Morgan fingerprint density at radius 3 is 0.932 bits per heavy atom. The molecule has 12 aromatic rings. The van der Waals surface area contributed by atoms with Gasteiger partial charge in [-0.2, -0.15) is 17.5 Å². The van der Waals surface area contributed by atoms with Crippen LogP contribution in [0.25, 0.3) is 64.5 Å². The van der Waals surface area contributed by atoms with Crippen LogP contribution in [0.4, 0.5) is 32.8 Å². The van der Waals surface area contributed by atoms with E-state index in [2.05, 4.69) is 253 Å². The van der Waals surface area contributed by atoms with Gasteiger partial charge in [0.1, 0.15) is 40.1 Å². The Kier molecular flexibility index (Phi) is 11.7. The number of allylic oxidation sites excluding steroid dienone is 2. The Morgan fingerprint density at radius 1 is 0.315 bits per heavy atom. The topological polar surface area (TPSA) is 58.0 Å². The Balaban J connectivity index is 0.956. The second-order valence-corrected chi connectivity index (χ2v) is 25.8. The second kappa shape index (κ2) is 18.9. The Hall–Kier alpha value is -7.90. The number of anilines is 6. The van der Waals surface area contributed by atoms with Gasteiger partial charge in [-0.1, -0.05) is 171 Å². The molecule has 13 rings (SSSR count). The summed E-state index contributed by atoms with van der Waals surface area (Å²) in [6.45, 7) is 5.02. The van der Waals surface area contributed by atoms with Gasteiger partial charge in [-0.25, -0.2) is 0 Å². The van der Waals surface area contributed by atoms with Crippen LogP contribution in [0.1, 0.15) is 22.3 Å². The number of hydrogen-bond acceptors (Lipinski definition) is 10. The van der Waals surface area contributed by atoms with Crippen molar-refractivity contribution < 1.29 is 0 Å². The van der Waals surface area contributed by atoms with Crippen molar-refractivity contribution in [2.45, 2.75) is 13.1 Å². The third-order valence-corrected chi connectivity index (χ3v) is 20.5. The van der Waals surface area contributed by atoms with E-state index < -0.39 is 8.07 Å². The minimum Gasteiger partial charge on any atom is -0.302 e. The van der Waals surface area contributed by atoms with Gasteiger partial charge in [-0.05, 0) is 105 Å². The van der Waals surface area contributed by atoms with Crippen molar-refractivity contribution in [2.75, 3.05) is 9.80 Å². The molecule has 6 nitrogen and oxygen atoms in total. The lowest BCUT2D eigenvalue weighted by Crippen LogP contribution is -2.29. The Bertz CT molecular complexity index is 3660. The van der Waals surface area contributed by atoms with E-state index in [-0.39, 0.29) is 0 Å². The van der Waals surface area contributed by atoms with Crippen molar-refractivity contribution in [2.24, 2.45) is 0 Å². The van der Waals surface area contributed by atoms with E-state index in [0.29, 0.717) is 0 Å². The lowest BCUT2D eigenvalue weighted by atomic mass is 9.88. The van der Waals surface area contributed by atoms with E-state index in [1.54, 1.807) is 22.7 Å². The summed E-state index contributed by atoms with van der Waals surface area (Å²) in [4.78, 5) is 6.94. The maximum absolute atomic E-state index is 5.19. The minimum atomic E-state index is -2.69. The largest absolute Gasteiger partial charge is 0.302 e. The first-order chi connectivity index (χ1) is 36.0. The number of aromatic nitrogens is 4. The van der Waals surface area contributed by atoms with Gasteiger partial charge in [0.05, 0.1) is 23.5 Å². The van der Waals surface area contributed by atoms with Crippen LogP contribution in [0.2, 0.25) is 13.1 Å². The highest BCUT2D eigenvalue weighted by atomic mass is 32.1. The summed E-state index contributed by atoms with van der Waals surface area (Å²) >= 11 is 6.13. The minimum absolute atomic E-state index is 0.921. The molecular weight excluding hydrogens is 985 g/mol. The molecule has 1 aliphatic rings. The van der Waals surface area contributed by atoms with Gasteiger partial charge < -0.3 is 9.80 Å². The van der Waals surface area contributed by atoms with Crippen LogP contribution in [0.3, 0.4) is 0 Å². The number of thiophene rings is 2. The van der Waals surface area contributed by atoms with Crippen LogP contribution < -0.4 is 9.80 Å². The fraction of sp³-hybridized carbons (Fsp3) is 0.0323. The van der Waals surface area contributed by atoms with Gasteiger partial charge in [-0.3, -0.25) is 0 Å². The number of para-hydroxylation sites is 4. The summed E-state index contributed by atoms with van der Waals surface area (Å²) in [7, 11) is -2.69. The molecule has 0 N–H and O–H groups in total. The van der Waals surface area contributed by atoms with Crippen molar-refractivity contribution in [3.05, 3.63) is 253 Å². The number of fused-ring (bicyclic) bond motifs is 2. The normalized spacial score (nSPS) is 13.3. The molecule has 11 heteroatoms. The smallest absolute Gasteiger partial charge is 0.115 e. The van der Waals surface area contributed by atoms with Gasteiger partial charge in [-0.15, -0.1) is 22.7 Å². The number of nitrogens with zero attached hydrogens (tertiary/aromatic N) is 6. The molecule has 5 heterocycles. The van der Waals surface area contributed by atoms with E-state index in [0.717, 1.165) is 86.8 Å². The van der Waals surface area contributed by atoms with E-state index in [9.17, 15) is 0 Å². The predicted octanol–water partition coefficient (Wildman–Crippen LogP) is 18.4. The van der Waals surface area contributed by atoms with E-state index >= 15 is 0 Å². The van der Waals surface area contributed by atoms with Crippen LogP contribution in [0.5, 0.6) is 0 Å². The Morgan fingerprint density at radius 2 is 0.603 bits per heavy atom. The first kappa shape index (κ1) is 45.0. The van der Waals surface area contributed by atoms with Crippen molar-refractivity contribution in [1.29, 1.82) is 0 Å². The maximum Gasteiger partial charge on any atom is 0.115 e. The molecule has 0 unspecified atom stereocenters. The van der Waals surface area contributed by atoms with Crippen molar-refractivity contribution in [1.82, 2.24) is 17.5 Å². The molecule has 0 atom stereocenters. The molecule has 1 aliphatic heterocycles. The number of rotatable bonds is 12. The first-order valence-corrected chi connectivity index (χ1v) is 30.2. The first-order valence-electron chi connectivity index (χ1n) is 24.1. The average Bonchev–Trinajstić information content (AvgIpc) is 4.32. The Labute approximate surface area is 441 Å². The monoisotopic (exact) mass is 1030 g/mol. The van der Waals surface area contributed by atoms with Gasteiger partial charge >= 0.3 is 0 Å². The van der Waals surface area contributed by atoms with Gasteiger partial charge in [0.25, 0.3) is 0 Å². The summed E-state index contributed by atoms with van der Waals surface area (Å²) in [6, 6.07) is 82.4. The molecule has 8 aromatic carbocycles. The van der Waals surface area contributed by atoms with Crippen LogP contribution in [0, 0.1) is 0 Å². The lowest BCUT2D eigenvalue weighted by Gasteiger charge is -2.27. The third-order valence-electron chi connectivity index (χ3n) is 13.7. The lowest BCUT2D eigenvalue weighted by molar-refractivity contribution is 1.32. The summed E-state index contributed by atoms with van der Waals surface area (Å²) in [5.41, 5.74) is 17.4. The van der Waals surface area contributed by atoms with E-state index in [4.69, 9.17) is 17.5 Å². The molecule has 0 bridgehead atoms. The zero-order chi connectivity index (χ0) is 48.9. The zero-order valence-corrected chi connectivity index (χ0v) is 44.0. The highest BCUT2D eigenvalue weighted by molar-refractivity contribution is 7.20. The summed E-state index contributed by atoms with van der Waals surface area (Å²) in [5, 5.41) is 4.94. The van der Waals surface area contributed by atoms with E-state index in [1.807, 2.05) is 0 Å². The number of benzene rings is 8. The molecule has 350 valence electrons. The molecule has 0 saturated heterocycles. The molecule has 0 fully saturated rings. The SMILES string of the molecule is C[Si]1(C)C(c2ccc(-c3ccc(N(c4ccccc4)c4ccccc4)s3)c3nsnc23)=C(c2ccccc2)C(c2ccccc2)=C1c1ccc(-c2ccc(N(c3ccccc3)c3ccccc3)s2)c2nsnc12. The molecule has 0 saturated carbocycles. The van der Waals surface area contributed by atoms with Crippen LogP contribution in [-0.4, -0.2) is 25.6 Å². The van der Waals surface area contributed by atoms with E-state index in [1.165, 1.54) is 56.1 Å². The van der Waals surface area contributed by atoms with Crippen molar-refractivity contribution in [3.8, 4) is 20.9 Å². The fourth-order valence-electron chi connectivity index (χ4n) is 10.6. The number of hydrogen-bond donors (Lipinski definition) is 0. The molecule has 0 amide bonds. The standard InChI is InChI=1S/C62H44N6S4Si/c1-73(2)61(49-35-33-47(57-59(49)65-71-63-57)51-37-39-53(69-51)67(43-25-13-5-14-26-43)44-27-15-6-16-28-44)55(41-21-9-3-10-22-41)56(42-23-11-4-12-24-42)62(73)50-36-34-48(58-60(50)66-72-64-58)52-38-40-54(70-52)68(45-29-17-7-18-30-45)46-31-19-8-20-32-46/h3-40H,1-2H3. The van der Waals surface area contributed by atoms with Crippen molar-refractivity contribution in [3.63, 3.8) is 0 Å². The van der Waals surface area contributed by atoms with Crippen LogP contribution in [0.15, 0.2) is 231 Å². The molecule has 0 radical (unpaired) electrons. The second-order valence-electron chi connectivity index (χ2n) is 18.4. The molecule has 0 spiro atoms. The van der Waals surface area contributed by atoms with Crippen LogP contribution in [-0.2, 0) is 0 Å². The summed E-state index contributed by atoms with van der Waals surface area (Å²) in [5.74, 6) is 0. The van der Waals surface area contributed by atoms with Gasteiger partial charge in [0, 0.05) is 54.8 Å². The van der Waals surface area contributed by atoms with Crippen molar-refractivity contribution >= 4 is 131 Å². The summed E-state index contributed by atoms with van der Waals surface area (Å²) < 4.78 is 20.6. The third kappa shape index (κ3) is 7.97. The average molecular weight is 1030 g/mol. The quantitative estimate of drug-likeness (QED) is 0.114. The molecule has 0 aliphatic carbocycles.